The van der Waals surface area contributed by atoms with Crippen molar-refractivity contribution in [2.45, 2.75) is 37.6 Å². The molecule has 0 bridgehead atoms. The lowest BCUT2D eigenvalue weighted by Crippen LogP contribution is -2.58. The molecule has 3 aromatic rings. The molecule has 1 aliphatic heterocycles. The first kappa shape index (κ1) is 20.2. The maximum absolute atomic E-state index is 12.5. The van der Waals surface area contributed by atoms with Crippen molar-refractivity contribution in [1.82, 2.24) is 0 Å². The van der Waals surface area contributed by atoms with Crippen LogP contribution in [0.15, 0.2) is 51.7 Å². The highest BCUT2D eigenvalue weighted by Gasteiger charge is 2.43. The van der Waals surface area contributed by atoms with Gasteiger partial charge in [0.2, 0.25) is 12.0 Å². The van der Waals surface area contributed by atoms with E-state index in [9.17, 15) is 30.3 Å². The third-order valence-electron chi connectivity index (χ3n) is 5.04. The van der Waals surface area contributed by atoms with E-state index in [1.807, 2.05) is 0 Å². The molecule has 1 aliphatic rings. The summed E-state index contributed by atoms with van der Waals surface area (Å²) in [6.07, 6.45) is -6.82. The van der Waals surface area contributed by atoms with Crippen molar-refractivity contribution < 1.29 is 39.4 Å². The average molecular weight is 416 g/mol. The Morgan fingerprint density at radius 2 is 1.63 bits per heavy atom. The summed E-state index contributed by atoms with van der Waals surface area (Å²) >= 11 is 0. The fraction of sp³-hybridized carbons (Fsp3) is 0.286. The Morgan fingerprint density at radius 1 is 0.933 bits per heavy atom. The maximum Gasteiger partial charge on any atom is 0.229 e. The monoisotopic (exact) mass is 416 g/mol. The van der Waals surface area contributed by atoms with Crippen molar-refractivity contribution in [3.05, 3.63) is 52.7 Å². The molecule has 30 heavy (non-hydrogen) atoms. The topological polar surface area (TPSA) is 150 Å². The second-order valence-corrected chi connectivity index (χ2v) is 7.09. The number of aliphatic hydroxyl groups is 3. The van der Waals surface area contributed by atoms with Gasteiger partial charge in [0.05, 0.1) is 6.10 Å². The van der Waals surface area contributed by atoms with Gasteiger partial charge in [-0.15, -0.1) is 0 Å². The summed E-state index contributed by atoms with van der Waals surface area (Å²) < 4.78 is 16.5. The summed E-state index contributed by atoms with van der Waals surface area (Å²) in [5, 5.41) is 50.2. The van der Waals surface area contributed by atoms with Gasteiger partial charge in [-0.2, -0.15) is 0 Å². The van der Waals surface area contributed by atoms with Gasteiger partial charge in [0.25, 0.3) is 0 Å². The van der Waals surface area contributed by atoms with Crippen LogP contribution in [0.25, 0.3) is 22.3 Å². The van der Waals surface area contributed by atoms with Gasteiger partial charge in [0.1, 0.15) is 35.0 Å². The molecule has 5 N–H and O–H groups in total. The zero-order valence-corrected chi connectivity index (χ0v) is 15.8. The smallest absolute Gasteiger partial charge is 0.229 e. The summed E-state index contributed by atoms with van der Waals surface area (Å²) in [5.74, 6) is -1.61. The summed E-state index contributed by atoms with van der Waals surface area (Å²) in [4.78, 5) is 12.5. The summed E-state index contributed by atoms with van der Waals surface area (Å²) in [7, 11) is 0. The van der Waals surface area contributed by atoms with Gasteiger partial charge in [-0.1, -0.05) is 30.3 Å². The largest absolute Gasteiger partial charge is 0.504 e. The molecule has 9 heteroatoms. The minimum atomic E-state index is -1.63. The highest BCUT2D eigenvalue weighted by Crippen LogP contribution is 2.42. The molecule has 2 aromatic carbocycles. The van der Waals surface area contributed by atoms with Crippen LogP contribution in [0.4, 0.5) is 0 Å². The number of rotatable bonds is 3. The zero-order chi connectivity index (χ0) is 21.6. The highest BCUT2D eigenvalue weighted by atomic mass is 16.7. The normalized spacial score (nSPS) is 26.6. The Kier molecular flexibility index (Phi) is 5.12. The van der Waals surface area contributed by atoms with Crippen molar-refractivity contribution in [2.75, 3.05) is 0 Å². The van der Waals surface area contributed by atoms with Crippen LogP contribution in [0.3, 0.4) is 0 Å². The molecule has 2 heterocycles. The number of ether oxygens (including phenoxy) is 2. The number of aromatic hydroxyl groups is 2. The SMILES string of the molecule is CC1OC(Oc2cc3oc(-c4ccccc4)cc(=O)c3c(O)c2O)C(O)C(O)C1O. The molecular weight excluding hydrogens is 396 g/mol. The molecule has 5 unspecified atom stereocenters. The minimum absolute atomic E-state index is 0.0643. The zero-order valence-electron chi connectivity index (χ0n) is 15.8. The molecule has 0 aliphatic carbocycles. The van der Waals surface area contributed by atoms with E-state index in [-0.39, 0.29) is 22.5 Å². The quantitative estimate of drug-likeness (QED) is 0.395. The van der Waals surface area contributed by atoms with E-state index in [4.69, 9.17) is 13.9 Å². The lowest BCUT2D eigenvalue weighted by molar-refractivity contribution is -0.268. The molecular formula is C21H20O9. The Morgan fingerprint density at radius 3 is 2.33 bits per heavy atom. The molecule has 0 amide bonds. The van der Waals surface area contributed by atoms with E-state index in [2.05, 4.69) is 0 Å². The molecule has 1 fully saturated rings. The minimum Gasteiger partial charge on any atom is -0.504 e. The second kappa shape index (κ2) is 7.62. The van der Waals surface area contributed by atoms with Crippen LogP contribution >= 0.6 is 0 Å². The van der Waals surface area contributed by atoms with Crippen molar-refractivity contribution >= 4 is 11.0 Å². The van der Waals surface area contributed by atoms with Crippen LogP contribution in [-0.2, 0) is 4.74 Å². The predicted octanol–water partition coefficient (Wildman–Crippen LogP) is 1.08. The fourth-order valence-corrected chi connectivity index (χ4v) is 3.34. The Labute approximate surface area is 170 Å². The van der Waals surface area contributed by atoms with Gasteiger partial charge in [0, 0.05) is 17.7 Å². The lowest BCUT2D eigenvalue weighted by atomic mass is 10.00. The maximum atomic E-state index is 12.5. The van der Waals surface area contributed by atoms with Crippen LogP contribution in [0.2, 0.25) is 0 Å². The van der Waals surface area contributed by atoms with Crippen molar-refractivity contribution in [1.29, 1.82) is 0 Å². The third kappa shape index (κ3) is 3.37. The van der Waals surface area contributed by atoms with Gasteiger partial charge in [-0.25, -0.2) is 0 Å². The number of phenolic OH excluding ortho intramolecular Hbond substituents is 2. The molecule has 4 rings (SSSR count). The number of phenols is 2. The molecule has 1 saturated heterocycles. The van der Waals surface area contributed by atoms with Gasteiger partial charge in [0.15, 0.2) is 16.9 Å². The lowest BCUT2D eigenvalue weighted by Gasteiger charge is -2.38. The van der Waals surface area contributed by atoms with E-state index in [0.29, 0.717) is 5.56 Å². The Balaban J connectivity index is 1.77. The molecule has 0 saturated carbocycles. The summed E-state index contributed by atoms with van der Waals surface area (Å²) in [5.41, 5.74) is -0.00958. The van der Waals surface area contributed by atoms with Crippen molar-refractivity contribution in [2.24, 2.45) is 0 Å². The molecule has 9 nitrogen and oxygen atoms in total. The van der Waals surface area contributed by atoms with Crippen LogP contribution in [-0.4, -0.2) is 56.2 Å². The van der Waals surface area contributed by atoms with Crippen LogP contribution in [0.5, 0.6) is 17.2 Å². The van der Waals surface area contributed by atoms with Gasteiger partial charge >= 0.3 is 0 Å². The molecule has 5 atom stereocenters. The average Bonchev–Trinajstić information content (AvgIpc) is 2.74. The van der Waals surface area contributed by atoms with Crippen LogP contribution in [0.1, 0.15) is 6.92 Å². The number of hydrogen-bond acceptors (Lipinski definition) is 9. The van der Waals surface area contributed by atoms with E-state index in [1.165, 1.54) is 19.1 Å². The van der Waals surface area contributed by atoms with Gasteiger partial charge in [-0.3, -0.25) is 4.79 Å². The van der Waals surface area contributed by atoms with Crippen molar-refractivity contribution in [3.8, 4) is 28.6 Å². The van der Waals surface area contributed by atoms with Crippen molar-refractivity contribution in [3.63, 3.8) is 0 Å². The first-order valence-electron chi connectivity index (χ1n) is 9.22. The Bertz CT molecular complexity index is 1120. The van der Waals surface area contributed by atoms with E-state index < -0.39 is 47.6 Å². The summed E-state index contributed by atoms with van der Waals surface area (Å²) in [6, 6.07) is 11.2. The van der Waals surface area contributed by atoms with E-state index >= 15 is 0 Å². The fourth-order valence-electron chi connectivity index (χ4n) is 3.34. The molecule has 158 valence electrons. The third-order valence-corrected chi connectivity index (χ3v) is 5.04. The number of aliphatic hydroxyl groups excluding tert-OH is 3. The predicted molar refractivity (Wildman–Crippen MR) is 104 cm³/mol. The molecule has 1 aromatic heterocycles. The first-order chi connectivity index (χ1) is 14.3. The standard InChI is InChI=1S/C21H20O9/c1-9-16(23)19(26)20(27)21(28-9)30-14-8-13-15(18(25)17(14)24)11(22)7-12(29-13)10-5-3-2-4-6-10/h2-9,16,19-21,23-27H,1H3. The summed E-state index contributed by atoms with van der Waals surface area (Å²) in [6.45, 7) is 1.47. The highest BCUT2D eigenvalue weighted by molar-refractivity contribution is 5.89. The molecule has 0 radical (unpaired) electrons. The van der Waals surface area contributed by atoms with Gasteiger partial charge in [-0.05, 0) is 6.92 Å². The number of hydrogen-bond donors (Lipinski definition) is 5. The second-order valence-electron chi connectivity index (χ2n) is 7.09. The Hall–Kier alpha value is -3.11. The van der Waals surface area contributed by atoms with E-state index in [0.717, 1.165) is 0 Å². The van der Waals surface area contributed by atoms with Crippen LogP contribution < -0.4 is 10.2 Å². The first-order valence-corrected chi connectivity index (χ1v) is 9.22. The van der Waals surface area contributed by atoms with E-state index in [1.54, 1.807) is 30.3 Å². The number of benzene rings is 2. The number of fused-ring (bicyclic) bond motifs is 1. The van der Waals surface area contributed by atoms with Crippen LogP contribution in [0, 0.1) is 0 Å². The van der Waals surface area contributed by atoms with Gasteiger partial charge < -0.3 is 39.4 Å². The molecule has 0 spiro atoms.